The van der Waals surface area contributed by atoms with Crippen molar-refractivity contribution < 1.29 is 9.53 Å². The van der Waals surface area contributed by atoms with E-state index in [4.69, 9.17) is 16.3 Å². The zero-order valence-electron chi connectivity index (χ0n) is 12.0. The third-order valence-electron chi connectivity index (χ3n) is 3.72. The van der Waals surface area contributed by atoms with Crippen LogP contribution in [-0.2, 0) is 0 Å². The van der Waals surface area contributed by atoms with Gasteiger partial charge in [-0.15, -0.1) is 11.6 Å². The summed E-state index contributed by atoms with van der Waals surface area (Å²) < 4.78 is 5.40. The lowest BCUT2D eigenvalue weighted by Crippen LogP contribution is -2.44. The number of halogens is 1. The third kappa shape index (κ3) is 3.66. The van der Waals surface area contributed by atoms with Crippen LogP contribution in [0.2, 0.25) is 0 Å². The first-order valence-corrected chi connectivity index (χ1v) is 7.89. The van der Waals surface area contributed by atoms with E-state index < -0.39 is 0 Å². The van der Waals surface area contributed by atoms with Crippen LogP contribution in [-0.4, -0.2) is 35.9 Å². The molecule has 0 radical (unpaired) electrons. The van der Waals surface area contributed by atoms with E-state index in [1.165, 1.54) is 6.42 Å². The summed E-state index contributed by atoms with van der Waals surface area (Å²) in [5, 5.41) is 0. The molecule has 0 atom stereocenters. The number of ether oxygens (including phenoxy) is 1. The van der Waals surface area contributed by atoms with Crippen LogP contribution in [0.4, 0.5) is 0 Å². The van der Waals surface area contributed by atoms with Crippen molar-refractivity contribution in [2.45, 2.75) is 38.6 Å². The highest BCUT2D eigenvalue weighted by Crippen LogP contribution is 2.27. The summed E-state index contributed by atoms with van der Waals surface area (Å²) in [6.45, 7) is 3.33. The maximum atomic E-state index is 12.6. The SMILES string of the molecule is CCOc1ccc(C(=O)N(CCCCl)C2CCC2)cc1. The molecule has 1 aliphatic rings. The molecular formula is C16H22ClNO2. The van der Waals surface area contributed by atoms with Gasteiger partial charge in [-0.1, -0.05) is 0 Å². The number of amides is 1. The van der Waals surface area contributed by atoms with Crippen molar-refractivity contribution in [2.75, 3.05) is 19.0 Å². The third-order valence-corrected chi connectivity index (χ3v) is 3.99. The van der Waals surface area contributed by atoms with Crippen LogP contribution < -0.4 is 4.74 Å². The summed E-state index contributed by atoms with van der Waals surface area (Å²) in [7, 11) is 0. The molecule has 20 heavy (non-hydrogen) atoms. The Morgan fingerprint density at radius 3 is 2.55 bits per heavy atom. The summed E-state index contributed by atoms with van der Waals surface area (Å²) in [5.41, 5.74) is 0.731. The number of rotatable bonds is 7. The number of carbonyl (C=O) groups excluding carboxylic acids is 1. The summed E-state index contributed by atoms with van der Waals surface area (Å²) in [6.07, 6.45) is 4.30. The Hall–Kier alpha value is -1.22. The van der Waals surface area contributed by atoms with Crippen molar-refractivity contribution in [3.05, 3.63) is 29.8 Å². The van der Waals surface area contributed by atoms with Gasteiger partial charge in [-0.2, -0.15) is 0 Å². The maximum Gasteiger partial charge on any atom is 0.254 e. The monoisotopic (exact) mass is 295 g/mol. The van der Waals surface area contributed by atoms with E-state index in [1.54, 1.807) is 0 Å². The number of nitrogens with zero attached hydrogens (tertiary/aromatic N) is 1. The predicted molar refractivity (Wildman–Crippen MR) is 81.6 cm³/mol. The van der Waals surface area contributed by atoms with Gasteiger partial charge in [-0.05, 0) is 56.9 Å². The minimum atomic E-state index is 0.114. The van der Waals surface area contributed by atoms with Crippen LogP contribution in [0.25, 0.3) is 0 Å². The molecule has 3 nitrogen and oxygen atoms in total. The van der Waals surface area contributed by atoms with Crippen molar-refractivity contribution >= 4 is 17.5 Å². The molecule has 0 heterocycles. The Balaban J connectivity index is 2.05. The highest BCUT2D eigenvalue weighted by atomic mass is 35.5. The van der Waals surface area contributed by atoms with Gasteiger partial charge in [0.05, 0.1) is 6.61 Å². The van der Waals surface area contributed by atoms with Crippen molar-refractivity contribution in [3.8, 4) is 5.75 Å². The summed E-state index contributed by atoms with van der Waals surface area (Å²) in [6, 6.07) is 7.81. The van der Waals surface area contributed by atoms with Gasteiger partial charge in [0.15, 0.2) is 0 Å². The second kappa shape index (κ2) is 7.53. The number of benzene rings is 1. The van der Waals surface area contributed by atoms with Gasteiger partial charge in [-0.25, -0.2) is 0 Å². The largest absolute Gasteiger partial charge is 0.494 e. The molecule has 0 unspecified atom stereocenters. The molecule has 0 aromatic heterocycles. The second-order valence-electron chi connectivity index (χ2n) is 5.08. The molecule has 1 aliphatic carbocycles. The quantitative estimate of drug-likeness (QED) is 0.718. The minimum absolute atomic E-state index is 0.114. The van der Waals surface area contributed by atoms with E-state index in [0.29, 0.717) is 18.5 Å². The topological polar surface area (TPSA) is 29.5 Å². The lowest BCUT2D eigenvalue weighted by Gasteiger charge is -2.37. The van der Waals surface area contributed by atoms with E-state index in [0.717, 1.165) is 37.1 Å². The highest BCUT2D eigenvalue weighted by molar-refractivity contribution is 6.17. The molecule has 1 fully saturated rings. The maximum absolute atomic E-state index is 12.6. The van der Waals surface area contributed by atoms with Crippen molar-refractivity contribution in [1.29, 1.82) is 0 Å². The normalized spacial score (nSPS) is 14.7. The number of hydrogen-bond acceptors (Lipinski definition) is 2. The molecule has 0 bridgehead atoms. The average Bonchev–Trinajstić information content (AvgIpc) is 2.42. The number of alkyl halides is 1. The first-order valence-electron chi connectivity index (χ1n) is 7.36. The van der Waals surface area contributed by atoms with Gasteiger partial charge in [-0.3, -0.25) is 4.79 Å². The van der Waals surface area contributed by atoms with Gasteiger partial charge in [0, 0.05) is 24.0 Å². The first kappa shape index (κ1) is 15.2. The van der Waals surface area contributed by atoms with Crippen molar-refractivity contribution in [2.24, 2.45) is 0 Å². The van der Waals surface area contributed by atoms with E-state index in [2.05, 4.69) is 0 Å². The van der Waals surface area contributed by atoms with Crippen molar-refractivity contribution in [3.63, 3.8) is 0 Å². The Bertz CT molecular complexity index is 429. The minimum Gasteiger partial charge on any atom is -0.494 e. The zero-order chi connectivity index (χ0) is 14.4. The van der Waals surface area contributed by atoms with Crippen LogP contribution in [0, 0.1) is 0 Å². The molecular weight excluding hydrogens is 274 g/mol. The lowest BCUT2D eigenvalue weighted by atomic mass is 9.91. The fourth-order valence-electron chi connectivity index (χ4n) is 2.40. The van der Waals surface area contributed by atoms with Gasteiger partial charge >= 0.3 is 0 Å². The van der Waals surface area contributed by atoms with E-state index in [-0.39, 0.29) is 5.91 Å². The van der Waals surface area contributed by atoms with Gasteiger partial charge in [0.25, 0.3) is 5.91 Å². The molecule has 0 aliphatic heterocycles. The van der Waals surface area contributed by atoms with Crippen LogP contribution in [0.1, 0.15) is 43.0 Å². The Labute approximate surface area is 125 Å². The van der Waals surface area contributed by atoms with E-state index in [9.17, 15) is 4.79 Å². The number of hydrogen-bond donors (Lipinski definition) is 0. The molecule has 2 rings (SSSR count). The van der Waals surface area contributed by atoms with Crippen molar-refractivity contribution in [1.82, 2.24) is 4.90 Å². The number of carbonyl (C=O) groups is 1. The summed E-state index contributed by atoms with van der Waals surface area (Å²) in [5.74, 6) is 1.52. The molecule has 0 spiro atoms. The van der Waals surface area contributed by atoms with Gasteiger partial charge < -0.3 is 9.64 Å². The Kier molecular flexibility index (Phi) is 5.72. The molecule has 4 heteroatoms. The van der Waals surface area contributed by atoms with Crippen LogP contribution in [0.5, 0.6) is 5.75 Å². The molecule has 1 aromatic carbocycles. The van der Waals surface area contributed by atoms with E-state index in [1.807, 2.05) is 36.1 Å². The molecule has 1 saturated carbocycles. The van der Waals surface area contributed by atoms with Crippen LogP contribution in [0.3, 0.4) is 0 Å². The van der Waals surface area contributed by atoms with Gasteiger partial charge in [0.2, 0.25) is 0 Å². The van der Waals surface area contributed by atoms with Crippen LogP contribution >= 0.6 is 11.6 Å². The zero-order valence-corrected chi connectivity index (χ0v) is 12.7. The summed E-state index contributed by atoms with van der Waals surface area (Å²) >= 11 is 5.76. The fourth-order valence-corrected chi connectivity index (χ4v) is 2.52. The van der Waals surface area contributed by atoms with E-state index >= 15 is 0 Å². The Morgan fingerprint density at radius 1 is 1.35 bits per heavy atom. The lowest BCUT2D eigenvalue weighted by molar-refractivity contribution is 0.0581. The van der Waals surface area contributed by atoms with Crippen LogP contribution in [0.15, 0.2) is 24.3 Å². The molecule has 0 N–H and O–H groups in total. The average molecular weight is 296 g/mol. The smallest absolute Gasteiger partial charge is 0.254 e. The molecule has 1 amide bonds. The molecule has 0 saturated heterocycles. The molecule has 1 aromatic rings. The fraction of sp³-hybridized carbons (Fsp3) is 0.562. The summed E-state index contributed by atoms with van der Waals surface area (Å²) in [4.78, 5) is 14.6. The molecule has 110 valence electrons. The highest BCUT2D eigenvalue weighted by Gasteiger charge is 2.28. The second-order valence-corrected chi connectivity index (χ2v) is 5.46. The standard InChI is InChI=1S/C16H22ClNO2/c1-2-20-15-9-7-13(8-10-15)16(19)18(12-4-11-17)14-5-3-6-14/h7-10,14H,2-6,11-12H2,1H3. The van der Waals surface area contributed by atoms with Gasteiger partial charge in [0.1, 0.15) is 5.75 Å². The predicted octanol–water partition coefficient (Wildman–Crippen LogP) is 3.71. The first-order chi connectivity index (χ1) is 9.76. The Morgan fingerprint density at radius 2 is 2.05 bits per heavy atom.